The van der Waals surface area contributed by atoms with Gasteiger partial charge in [0.1, 0.15) is 5.76 Å². The highest BCUT2D eigenvalue weighted by atomic mass is 32.2. The summed E-state index contributed by atoms with van der Waals surface area (Å²) in [6.45, 7) is 0.215. The van der Waals surface area contributed by atoms with Crippen LogP contribution in [-0.2, 0) is 21.2 Å². The SMILES string of the molecule is O=C(CSc1nc2ccccc2c(=O)n1C1CC1)N(Cc1ccco1)[C@H]1CCS(=O)(=O)C1. The third-order valence-corrected chi connectivity index (χ3v) is 8.58. The Morgan fingerprint density at radius 1 is 1.19 bits per heavy atom. The van der Waals surface area contributed by atoms with E-state index in [1.807, 2.05) is 12.1 Å². The lowest BCUT2D eigenvalue weighted by molar-refractivity contribution is -0.131. The van der Waals surface area contributed by atoms with Crippen LogP contribution >= 0.6 is 11.8 Å². The highest BCUT2D eigenvalue weighted by molar-refractivity contribution is 7.99. The maximum Gasteiger partial charge on any atom is 0.262 e. The van der Waals surface area contributed by atoms with E-state index in [9.17, 15) is 18.0 Å². The minimum Gasteiger partial charge on any atom is -0.467 e. The Morgan fingerprint density at radius 2 is 2.00 bits per heavy atom. The molecule has 0 N–H and O–H groups in total. The molecule has 168 valence electrons. The number of aromatic nitrogens is 2. The van der Waals surface area contributed by atoms with Crippen LogP contribution < -0.4 is 5.56 Å². The topological polar surface area (TPSA) is 102 Å². The zero-order valence-corrected chi connectivity index (χ0v) is 19.0. The van der Waals surface area contributed by atoms with Crippen LogP contribution in [0.5, 0.6) is 0 Å². The summed E-state index contributed by atoms with van der Waals surface area (Å²) in [5.74, 6) is 0.518. The number of hydrogen-bond acceptors (Lipinski definition) is 7. The average molecular weight is 474 g/mol. The molecule has 0 unspecified atom stereocenters. The van der Waals surface area contributed by atoms with E-state index in [0.717, 1.165) is 12.8 Å². The maximum absolute atomic E-state index is 13.2. The minimum absolute atomic E-state index is 0.0366. The van der Waals surface area contributed by atoms with Crippen molar-refractivity contribution >= 4 is 38.4 Å². The van der Waals surface area contributed by atoms with Crippen LogP contribution in [-0.4, -0.2) is 52.1 Å². The highest BCUT2D eigenvalue weighted by Crippen LogP contribution is 2.37. The van der Waals surface area contributed by atoms with Crippen molar-refractivity contribution in [1.82, 2.24) is 14.5 Å². The van der Waals surface area contributed by atoms with Crippen molar-refractivity contribution < 1.29 is 17.6 Å². The van der Waals surface area contributed by atoms with Crippen molar-refractivity contribution in [3.05, 3.63) is 58.8 Å². The molecule has 1 aliphatic carbocycles. The highest BCUT2D eigenvalue weighted by Gasteiger charge is 2.35. The second kappa shape index (κ2) is 8.40. The number of sulfone groups is 1. The van der Waals surface area contributed by atoms with Gasteiger partial charge in [-0.3, -0.25) is 14.2 Å². The summed E-state index contributed by atoms with van der Waals surface area (Å²) < 4.78 is 31.2. The number of carbonyl (C=O) groups is 1. The van der Waals surface area contributed by atoms with Gasteiger partial charge in [0.15, 0.2) is 15.0 Å². The summed E-state index contributed by atoms with van der Waals surface area (Å²) in [5.41, 5.74) is 0.529. The molecule has 0 spiro atoms. The van der Waals surface area contributed by atoms with E-state index in [-0.39, 0.29) is 47.4 Å². The third kappa shape index (κ3) is 4.33. The molecule has 2 aliphatic rings. The number of para-hydroxylation sites is 1. The monoisotopic (exact) mass is 473 g/mol. The molecule has 1 amide bonds. The molecule has 8 nitrogen and oxygen atoms in total. The van der Waals surface area contributed by atoms with Crippen LogP contribution in [0, 0.1) is 0 Å². The molecule has 3 heterocycles. The van der Waals surface area contributed by atoms with Gasteiger partial charge in [-0.1, -0.05) is 23.9 Å². The molecule has 1 saturated carbocycles. The zero-order chi connectivity index (χ0) is 22.3. The first-order valence-corrected chi connectivity index (χ1v) is 13.4. The molecule has 2 aromatic heterocycles. The number of thioether (sulfide) groups is 1. The number of nitrogens with zero attached hydrogens (tertiary/aromatic N) is 3. The lowest BCUT2D eigenvalue weighted by atomic mass is 10.2. The largest absolute Gasteiger partial charge is 0.467 e. The number of fused-ring (bicyclic) bond motifs is 1. The van der Waals surface area contributed by atoms with Gasteiger partial charge in [-0.05, 0) is 43.5 Å². The molecule has 3 aromatic rings. The number of carbonyl (C=O) groups excluding carboxylic acids is 1. The Morgan fingerprint density at radius 3 is 2.69 bits per heavy atom. The Bertz CT molecular complexity index is 1310. The van der Waals surface area contributed by atoms with Gasteiger partial charge in [-0.25, -0.2) is 13.4 Å². The van der Waals surface area contributed by atoms with E-state index in [1.54, 1.807) is 33.7 Å². The predicted molar refractivity (Wildman–Crippen MR) is 121 cm³/mol. The van der Waals surface area contributed by atoms with Crippen LogP contribution in [0.3, 0.4) is 0 Å². The van der Waals surface area contributed by atoms with Crippen molar-refractivity contribution in [2.24, 2.45) is 0 Å². The van der Waals surface area contributed by atoms with Crippen LogP contribution in [0.1, 0.15) is 31.1 Å². The normalized spacial score (nSPS) is 19.9. The molecule has 5 rings (SSSR count). The first-order chi connectivity index (χ1) is 15.4. The smallest absolute Gasteiger partial charge is 0.262 e. The van der Waals surface area contributed by atoms with Crippen molar-refractivity contribution in [2.75, 3.05) is 17.3 Å². The summed E-state index contributed by atoms with van der Waals surface area (Å²) in [4.78, 5) is 32.5. The van der Waals surface area contributed by atoms with Gasteiger partial charge in [-0.15, -0.1) is 0 Å². The molecule has 0 bridgehead atoms. The van der Waals surface area contributed by atoms with Crippen molar-refractivity contribution in [2.45, 2.75) is 43.0 Å². The van der Waals surface area contributed by atoms with Gasteiger partial charge >= 0.3 is 0 Å². The third-order valence-electron chi connectivity index (χ3n) is 5.89. The number of rotatable bonds is 7. The first-order valence-electron chi connectivity index (χ1n) is 10.6. The molecule has 2 fully saturated rings. The summed E-state index contributed by atoms with van der Waals surface area (Å²) in [5, 5.41) is 1.10. The Kier molecular flexibility index (Phi) is 5.58. The Labute approximate surface area is 189 Å². The van der Waals surface area contributed by atoms with E-state index >= 15 is 0 Å². The molecule has 32 heavy (non-hydrogen) atoms. The van der Waals surface area contributed by atoms with Crippen LogP contribution in [0.25, 0.3) is 10.9 Å². The number of benzene rings is 1. The molecule has 0 radical (unpaired) electrons. The molecule has 10 heteroatoms. The van der Waals surface area contributed by atoms with E-state index in [2.05, 4.69) is 4.98 Å². The van der Waals surface area contributed by atoms with Gasteiger partial charge < -0.3 is 9.32 Å². The standard InChI is InChI=1S/C22H23N3O5S2/c26-20(24(12-17-4-3-10-30-17)16-9-11-32(28,29)14-16)13-31-22-23-19-6-2-1-5-18(19)21(27)25(22)15-7-8-15/h1-6,10,15-16H,7-9,11-14H2/t16-/m0/s1. The van der Waals surface area contributed by atoms with Crippen LogP contribution in [0.2, 0.25) is 0 Å². The fraction of sp³-hybridized carbons (Fsp3) is 0.409. The zero-order valence-electron chi connectivity index (χ0n) is 17.3. The van der Waals surface area contributed by atoms with E-state index in [0.29, 0.717) is 28.2 Å². The number of amides is 1. The van der Waals surface area contributed by atoms with Gasteiger partial charge in [0.2, 0.25) is 5.91 Å². The van der Waals surface area contributed by atoms with E-state index in [1.165, 1.54) is 18.0 Å². The van der Waals surface area contributed by atoms with E-state index in [4.69, 9.17) is 4.42 Å². The lowest BCUT2D eigenvalue weighted by Gasteiger charge is -2.27. The summed E-state index contributed by atoms with van der Waals surface area (Å²) in [6.07, 6.45) is 3.80. The van der Waals surface area contributed by atoms with Crippen LogP contribution in [0.4, 0.5) is 0 Å². The molecular weight excluding hydrogens is 450 g/mol. The molecule has 1 saturated heterocycles. The fourth-order valence-corrected chi connectivity index (χ4v) is 6.79. The summed E-state index contributed by atoms with van der Waals surface area (Å²) in [6, 6.07) is 10.5. The maximum atomic E-state index is 13.2. The molecular formula is C22H23N3O5S2. The van der Waals surface area contributed by atoms with Crippen LogP contribution in [0.15, 0.2) is 57.0 Å². The second-order valence-electron chi connectivity index (χ2n) is 8.26. The molecule has 1 aromatic carbocycles. The van der Waals surface area contributed by atoms with Crippen molar-refractivity contribution in [3.63, 3.8) is 0 Å². The van der Waals surface area contributed by atoms with Gasteiger partial charge in [0, 0.05) is 12.1 Å². The predicted octanol–water partition coefficient (Wildman–Crippen LogP) is 2.63. The van der Waals surface area contributed by atoms with Crippen molar-refractivity contribution in [3.8, 4) is 0 Å². The molecule has 1 atom stereocenters. The van der Waals surface area contributed by atoms with E-state index < -0.39 is 9.84 Å². The first kappa shape index (κ1) is 21.3. The minimum atomic E-state index is -3.15. The van der Waals surface area contributed by atoms with Gasteiger partial charge in [-0.2, -0.15) is 0 Å². The van der Waals surface area contributed by atoms with Gasteiger partial charge in [0.05, 0.1) is 41.0 Å². The lowest BCUT2D eigenvalue weighted by Crippen LogP contribution is -2.41. The average Bonchev–Trinajstić information content (AvgIpc) is 3.34. The molecule has 1 aliphatic heterocycles. The van der Waals surface area contributed by atoms with Crippen molar-refractivity contribution in [1.29, 1.82) is 0 Å². The van der Waals surface area contributed by atoms with Gasteiger partial charge in [0.25, 0.3) is 5.56 Å². The Balaban J connectivity index is 1.40. The summed E-state index contributed by atoms with van der Waals surface area (Å²) in [7, 11) is -3.15. The quantitative estimate of drug-likeness (QED) is 0.384. The number of furan rings is 1. The number of hydrogen-bond donors (Lipinski definition) is 0. The Hall–Kier alpha value is -2.59. The fourth-order valence-electron chi connectivity index (χ4n) is 4.10. The second-order valence-corrected chi connectivity index (χ2v) is 11.4. The summed E-state index contributed by atoms with van der Waals surface area (Å²) >= 11 is 1.23.